The van der Waals surface area contributed by atoms with Gasteiger partial charge in [-0.05, 0) is 137 Å². The van der Waals surface area contributed by atoms with E-state index in [4.69, 9.17) is 39.5 Å². The van der Waals surface area contributed by atoms with E-state index in [-0.39, 0.29) is 149 Å². The number of guanidine groups is 1. The molecular formula is C81H67Cl3F7N33O8. The van der Waals surface area contributed by atoms with Crippen molar-refractivity contribution in [2.75, 3.05) is 45.9 Å². The molecule has 5 aliphatic heterocycles. The van der Waals surface area contributed by atoms with E-state index in [9.17, 15) is 64.3 Å². The Kier molecular flexibility index (Phi) is 27.4. The smallest absolute Gasteiger partial charge is 0.316 e. The number of H-pyrrole nitrogens is 7. The first kappa shape index (κ1) is 89.7. The Labute approximate surface area is 751 Å². The van der Waals surface area contributed by atoms with E-state index in [1.54, 1.807) is 52.3 Å². The number of imidazole rings is 5. The molecule has 14 heterocycles. The molecule has 6 amide bonds. The summed E-state index contributed by atoms with van der Waals surface area (Å²) in [6.45, 7) is 4.55. The standard InChI is InChI=1S/C17H13Cl2N5O2.C17H17ClFN7O.C16H9F2N7O2.C16H16FN7O2.C15H12F3N7O/c18-10-5-3-4-9(13(10)19)12-14(22-23-16(12)25)11-8-20-15(21-11)17(26)24-6-1-2-7-24;18-11-6-3-7-12(19)14(11)16-23-24-25-26(16)13-9-20-15(22-13)17(27)21-8-10-4-1-2-5-10;17-8-3-1-2-7(11(8)18)10-12(24-25-14(10)26)9-6-21-13(22-9)15(27)23-16-19-4-5-20-16;17-12-6-2-1-5-11(12)15-21-22-23-24(15)13-9-18-14(20-13)16(25)19-8-10-4-3-7-26-10;16-9-4-3-8(11(17)12(9)18)14-21-22-23-25(14)10-7-19-13(20-10)15(26)24-5-1-2-6-24/h3-5,8H,1-2,6-7H2,(H,20,21);3,6-7,9-10H,1-2,4-5,8H2,(H,20,22)(H,21,27);1-6H,(H,21,22)(H2,24,25,26);1-2,5-6,9-10H,3-4,7-8H2,(H,18,20)(H,19,25);3-4,7H,1-2,5-6H2,(H,19,20). The number of rotatable bonds is 19. The maximum Gasteiger partial charge on any atom is 0.316 e. The van der Waals surface area contributed by atoms with Crippen molar-refractivity contribution in [2.45, 2.75) is 70.3 Å². The molecule has 20 rings (SSSR count). The van der Waals surface area contributed by atoms with Crippen LogP contribution in [0, 0.1) is 46.6 Å². The van der Waals surface area contributed by atoms with Crippen LogP contribution >= 0.6 is 34.8 Å². The first-order chi connectivity index (χ1) is 64.0. The lowest BCUT2D eigenvalue weighted by Crippen LogP contribution is -2.32. The van der Waals surface area contributed by atoms with Crippen molar-refractivity contribution >= 4 is 99.9 Å². The summed E-state index contributed by atoms with van der Waals surface area (Å²) in [6, 6.07) is 20.8. The molecule has 6 aliphatic rings. The molecule has 51 heteroatoms. The highest BCUT2D eigenvalue weighted by molar-refractivity contribution is 6.45. The number of carbonyl (C=O) groups excluding carboxylic acids is 6. The molecule has 0 spiro atoms. The summed E-state index contributed by atoms with van der Waals surface area (Å²) in [5.41, 5.74) is 0.656. The van der Waals surface area contributed by atoms with Gasteiger partial charge in [0, 0.05) is 69.4 Å². The van der Waals surface area contributed by atoms with Crippen LogP contribution in [0.25, 0.3) is 85.4 Å². The number of ether oxygens (including phenoxy) is 1. The summed E-state index contributed by atoms with van der Waals surface area (Å²) in [5, 5.41) is 52.3. The van der Waals surface area contributed by atoms with Gasteiger partial charge in [0.25, 0.3) is 41.1 Å². The predicted molar refractivity (Wildman–Crippen MR) is 456 cm³/mol. The Bertz CT molecular complexity index is 6880. The van der Waals surface area contributed by atoms with E-state index in [0.717, 1.165) is 93.9 Å². The first-order valence-corrected chi connectivity index (χ1v) is 41.5. The first-order valence-electron chi connectivity index (χ1n) is 40.3. The van der Waals surface area contributed by atoms with Crippen LogP contribution in [-0.2, 0) is 9.53 Å². The van der Waals surface area contributed by atoms with E-state index in [1.165, 1.54) is 96.0 Å². The third-order valence-electron chi connectivity index (χ3n) is 21.0. The number of carbonyl (C=O) groups is 6. The second-order valence-corrected chi connectivity index (χ2v) is 30.6. The fourth-order valence-electron chi connectivity index (χ4n) is 14.4. The van der Waals surface area contributed by atoms with Gasteiger partial charge in [0.2, 0.25) is 0 Å². The number of azo groups is 1. The number of likely N-dealkylation sites (tertiary alicyclic amines) is 2. The number of aromatic amines is 7. The van der Waals surface area contributed by atoms with Crippen molar-refractivity contribution in [3.05, 3.63) is 229 Å². The van der Waals surface area contributed by atoms with Crippen LogP contribution in [0.2, 0.25) is 15.1 Å². The van der Waals surface area contributed by atoms with Gasteiger partial charge < -0.3 is 50.1 Å². The van der Waals surface area contributed by atoms with Gasteiger partial charge in [-0.3, -0.25) is 43.8 Å². The van der Waals surface area contributed by atoms with Crippen molar-refractivity contribution in [2.24, 2.45) is 31.1 Å². The van der Waals surface area contributed by atoms with Crippen molar-refractivity contribution in [3.63, 3.8) is 0 Å². The average molecular weight is 1870 g/mol. The van der Waals surface area contributed by atoms with Crippen LogP contribution in [0.1, 0.15) is 129 Å². The Morgan fingerprint density at radius 3 is 1.64 bits per heavy atom. The SMILES string of the molecule is O=C(N=C1N=CC=N1)c1ncc(-c2[nH][nH]c(=O)c2-c2cccc(F)c2F)[nH]1.O=C(NCC1CCCC1)c1ncc(-n2nnnc2-c2c(F)cccc2Cl)[nH]1.O=C(NCC1CCCO1)c1ncc(-n2nnnc2-c2ccccc2F)[nH]1.O=C(c1ncc(-n2nnnc2-c2ccc(F)c(F)c2F)[nH]1)N1CCCC1.O=C1N=NC(c2cnc(C(=O)N3CCCC3)[nH]2)=C1c1cccc(Cl)c1Cl. The average Bonchev–Trinajstić information content (AvgIpc) is 1.64. The Morgan fingerprint density at radius 1 is 0.470 bits per heavy atom. The zero-order valence-corrected chi connectivity index (χ0v) is 70.4. The second-order valence-electron chi connectivity index (χ2n) is 29.4. The summed E-state index contributed by atoms with van der Waals surface area (Å²) >= 11 is 18.4. The molecule has 1 atom stereocenters. The molecule has 132 heavy (non-hydrogen) atoms. The van der Waals surface area contributed by atoms with Crippen LogP contribution in [0.15, 0.2) is 152 Å². The van der Waals surface area contributed by atoms with Crippen LogP contribution in [0.5, 0.6) is 0 Å². The third kappa shape index (κ3) is 19.8. The van der Waals surface area contributed by atoms with Gasteiger partial charge in [-0.2, -0.15) is 19.0 Å². The second kappa shape index (κ2) is 40.3. The van der Waals surface area contributed by atoms with Crippen LogP contribution in [0.3, 0.4) is 0 Å². The molecule has 0 bridgehead atoms. The molecule has 41 nitrogen and oxygen atoms in total. The van der Waals surface area contributed by atoms with E-state index >= 15 is 0 Å². The molecule has 674 valence electrons. The lowest BCUT2D eigenvalue weighted by molar-refractivity contribution is -0.112. The van der Waals surface area contributed by atoms with Gasteiger partial charge in [0.1, 0.15) is 17.3 Å². The van der Waals surface area contributed by atoms with Gasteiger partial charge in [-0.25, -0.2) is 65.6 Å². The fraction of sp³-hybridized carbons (Fsp3) is 0.235. The quantitative estimate of drug-likeness (QED) is 0.0268. The van der Waals surface area contributed by atoms with E-state index < -0.39 is 58.1 Å². The molecule has 1 saturated carbocycles. The number of halogens is 10. The predicted octanol–water partition coefficient (Wildman–Crippen LogP) is 11.1. The normalized spacial score (nSPS) is 15.0. The summed E-state index contributed by atoms with van der Waals surface area (Å²) in [5.74, 6) is -7.96. The number of tetrazole rings is 3. The van der Waals surface area contributed by atoms with E-state index in [0.29, 0.717) is 60.0 Å². The molecule has 3 saturated heterocycles. The van der Waals surface area contributed by atoms with E-state index in [2.05, 4.69) is 142 Å². The topological polar surface area (TPSA) is 527 Å². The molecular weight excluding hydrogens is 1800 g/mol. The Balaban J connectivity index is 0.000000120. The Hall–Kier alpha value is -15.7. The molecule has 0 radical (unpaired) electrons. The molecule has 9 aromatic heterocycles. The largest absolute Gasteiger partial charge is 0.376 e. The summed E-state index contributed by atoms with van der Waals surface area (Å²) in [6.07, 6.45) is 20.2. The lowest BCUT2D eigenvalue weighted by atomic mass is 10.0. The third-order valence-corrected chi connectivity index (χ3v) is 22.1. The molecule has 1 unspecified atom stereocenters. The monoisotopic (exact) mass is 1870 g/mol. The number of amides is 6. The van der Waals surface area contributed by atoms with Gasteiger partial charge >= 0.3 is 5.91 Å². The summed E-state index contributed by atoms with van der Waals surface area (Å²) in [7, 11) is 0. The zero-order valence-electron chi connectivity index (χ0n) is 68.2. The van der Waals surface area contributed by atoms with Gasteiger partial charge in [-0.15, -0.1) is 25.5 Å². The van der Waals surface area contributed by atoms with Gasteiger partial charge in [0.15, 0.2) is 93.1 Å². The number of nitrogens with zero attached hydrogens (tertiary/aromatic N) is 24. The molecule has 5 aromatic carbocycles. The summed E-state index contributed by atoms with van der Waals surface area (Å²) < 4.78 is 106. The van der Waals surface area contributed by atoms with Gasteiger partial charge in [0.05, 0.1) is 97.1 Å². The minimum Gasteiger partial charge on any atom is -0.376 e. The molecule has 1 aliphatic carbocycles. The number of aliphatic imine (C=N–C) groups is 3. The van der Waals surface area contributed by atoms with Crippen molar-refractivity contribution < 1.29 is 64.2 Å². The van der Waals surface area contributed by atoms with Gasteiger partial charge in [-0.1, -0.05) is 90.1 Å². The van der Waals surface area contributed by atoms with Crippen LogP contribution in [-0.4, -0.2) is 236 Å². The fourth-order valence-corrected chi connectivity index (χ4v) is 15.1. The zero-order chi connectivity index (χ0) is 92.2. The highest BCUT2D eigenvalue weighted by atomic mass is 35.5. The number of nitrogens with one attached hydrogen (secondary N) is 9. The number of aromatic nitrogens is 24. The molecule has 14 aromatic rings. The highest BCUT2D eigenvalue weighted by Gasteiger charge is 2.33. The molecule has 9 N–H and O–H groups in total. The Morgan fingerprint density at radius 2 is 0.992 bits per heavy atom. The lowest BCUT2D eigenvalue weighted by Gasteiger charge is -2.12. The minimum atomic E-state index is -1.62. The van der Waals surface area contributed by atoms with Crippen LogP contribution in [0.4, 0.5) is 30.7 Å². The van der Waals surface area contributed by atoms with Crippen molar-refractivity contribution in [3.8, 4) is 74.1 Å². The van der Waals surface area contributed by atoms with E-state index in [1.807, 2.05) is 0 Å². The number of benzene rings is 5. The maximum absolute atomic E-state index is 14.2. The molecule has 4 fully saturated rings. The van der Waals surface area contributed by atoms with Crippen LogP contribution < -0.4 is 16.2 Å². The highest BCUT2D eigenvalue weighted by Crippen LogP contribution is 2.40. The maximum atomic E-state index is 14.2. The van der Waals surface area contributed by atoms with Crippen molar-refractivity contribution in [1.29, 1.82) is 0 Å². The summed E-state index contributed by atoms with van der Waals surface area (Å²) in [4.78, 5) is 135. The number of hydrogen-bond acceptors (Lipinski definition) is 23. The minimum absolute atomic E-state index is 0.0180. The number of hydrogen-bond donors (Lipinski definition) is 9. The van der Waals surface area contributed by atoms with Crippen molar-refractivity contribution in [1.82, 2.24) is 141 Å².